The quantitative estimate of drug-likeness (QED) is 0.154. The SMILES string of the molecule is CC(C)(C)OC(=O)N1CCN(CC(N)=O)CC1.CC(N)=O.NC(=O)CCNCCN1CCOCC1.OCCCN1CCOCC1. The van der Waals surface area contributed by atoms with Crippen molar-refractivity contribution < 1.29 is 38.5 Å². The third-order valence-corrected chi connectivity index (χ3v) is 6.40. The molecule has 3 heterocycles. The molecule has 0 aromatic rings. The minimum Gasteiger partial charge on any atom is -0.444 e. The first-order valence-electron chi connectivity index (χ1n) is 15.7. The summed E-state index contributed by atoms with van der Waals surface area (Å²) in [6.45, 7) is 20.9. The maximum absolute atomic E-state index is 11.7. The molecule has 0 atom stereocenters. The highest BCUT2D eigenvalue weighted by molar-refractivity contribution is 5.76. The van der Waals surface area contributed by atoms with Crippen LogP contribution in [0.4, 0.5) is 4.79 Å². The summed E-state index contributed by atoms with van der Waals surface area (Å²) >= 11 is 0. The number of carbonyl (C=O) groups is 4. The number of hydrogen-bond acceptors (Lipinski definition) is 12. The van der Waals surface area contributed by atoms with Crippen LogP contribution in [-0.4, -0.2) is 172 Å². The molecule has 45 heavy (non-hydrogen) atoms. The highest BCUT2D eigenvalue weighted by Crippen LogP contribution is 2.11. The van der Waals surface area contributed by atoms with Crippen LogP contribution in [-0.2, 0) is 28.6 Å². The summed E-state index contributed by atoms with van der Waals surface area (Å²) < 4.78 is 15.7. The molecular formula is C29H60N8O8. The number of nitrogens with zero attached hydrogens (tertiary/aromatic N) is 4. The van der Waals surface area contributed by atoms with Crippen molar-refractivity contribution >= 4 is 23.8 Å². The summed E-state index contributed by atoms with van der Waals surface area (Å²) in [6.07, 6.45) is 1.01. The van der Waals surface area contributed by atoms with Gasteiger partial charge in [-0.25, -0.2) is 4.79 Å². The Morgan fingerprint density at radius 3 is 1.67 bits per heavy atom. The molecule has 8 N–H and O–H groups in total. The summed E-state index contributed by atoms with van der Waals surface area (Å²) in [5.74, 6) is -0.917. The Bertz CT molecular complexity index is 807. The van der Waals surface area contributed by atoms with Gasteiger partial charge >= 0.3 is 6.09 Å². The van der Waals surface area contributed by atoms with Gasteiger partial charge in [0.05, 0.1) is 33.0 Å². The lowest BCUT2D eigenvalue weighted by molar-refractivity contribution is -0.119. The predicted octanol–water partition coefficient (Wildman–Crippen LogP) is -2.00. The van der Waals surface area contributed by atoms with E-state index in [1.54, 1.807) is 4.90 Å². The first-order valence-corrected chi connectivity index (χ1v) is 15.7. The summed E-state index contributed by atoms with van der Waals surface area (Å²) in [4.78, 5) is 50.4. The van der Waals surface area contributed by atoms with E-state index in [0.29, 0.717) is 45.8 Å². The lowest BCUT2D eigenvalue weighted by Gasteiger charge is -2.34. The minimum absolute atomic E-state index is 0.246. The van der Waals surface area contributed by atoms with Crippen molar-refractivity contribution in [1.29, 1.82) is 0 Å². The van der Waals surface area contributed by atoms with E-state index < -0.39 is 5.60 Å². The van der Waals surface area contributed by atoms with E-state index in [2.05, 4.69) is 20.9 Å². The van der Waals surface area contributed by atoms with Crippen molar-refractivity contribution in [3.8, 4) is 0 Å². The van der Waals surface area contributed by atoms with Gasteiger partial charge in [-0.05, 0) is 27.2 Å². The summed E-state index contributed by atoms with van der Waals surface area (Å²) in [7, 11) is 0. The van der Waals surface area contributed by atoms with Crippen LogP contribution in [0.25, 0.3) is 0 Å². The first kappa shape index (κ1) is 42.4. The van der Waals surface area contributed by atoms with Crippen molar-refractivity contribution in [2.24, 2.45) is 17.2 Å². The molecule has 3 aliphatic heterocycles. The van der Waals surface area contributed by atoms with Gasteiger partial charge in [-0.3, -0.25) is 29.1 Å². The Kier molecular flexibility index (Phi) is 24.1. The van der Waals surface area contributed by atoms with Crippen molar-refractivity contribution in [2.45, 2.75) is 46.1 Å². The van der Waals surface area contributed by atoms with Gasteiger partial charge < -0.3 is 46.7 Å². The second kappa shape index (κ2) is 25.6. The lowest BCUT2D eigenvalue weighted by Crippen LogP contribution is -2.51. The Labute approximate surface area is 268 Å². The molecule has 0 aliphatic carbocycles. The number of amides is 4. The number of rotatable bonds is 11. The van der Waals surface area contributed by atoms with Gasteiger partial charge in [0.1, 0.15) is 5.60 Å². The van der Waals surface area contributed by atoms with E-state index in [4.69, 9.17) is 30.8 Å². The normalized spacial score (nSPS) is 17.8. The van der Waals surface area contributed by atoms with Crippen LogP contribution in [0.3, 0.4) is 0 Å². The number of carbonyl (C=O) groups excluding carboxylic acids is 4. The van der Waals surface area contributed by atoms with E-state index in [1.807, 2.05) is 25.7 Å². The van der Waals surface area contributed by atoms with Crippen LogP contribution in [0, 0.1) is 0 Å². The van der Waals surface area contributed by atoms with Gasteiger partial charge in [0.2, 0.25) is 17.7 Å². The molecular weight excluding hydrogens is 588 g/mol. The van der Waals surface area contributed by atoms with Crippen molar-refractivity contribution in [3.63, 3.8) is 0 Å². The largest absolute Gasteiger partial charge is 0.444 e. The zero-order valence-corrected chi connectivity index (χ0v) is 28.0. The first-order chi connectivity index (χ1) is 21.2. The van der Waals surface area contributed by atoms with Gasteiger partial charge in [-0.2, -0.15) is 0 Å². The molecule has 0 aromatic carbocycles. The minimum atomic E-state index is -0.471. The van der Waals surface area contributed by atoms with E-state index in [0.717, 1.165) is 78.7 Å². The average Bonchev–Trinajstić information content (AvgIpc) is 2.96. The molecule has 0 saturated carbocycles. The van der Waals surface area contributed by atoms with Crippen molar-refractivity contribution in [1.82, 2.24) is 24.9 Å². The van der Waals surface area contributed by atoms with Crippen molar-refractivity contribution in [3.05, 3.63) is 0 Å². The predicted molar refractivity (Wildman–Crippen MR) is 171 cm³/mol. The molecule has 16 nitrogen and oxygen atoms in total. The maximum Gasteiger partial charge on any atom is 0.410 e. The number of aliphatic hydroxyl groups is 1. The Balaban J connectivity index is 0.000000624. The fraction of sp³-hybridized carbons (Fsp3) is 0.862. The summed E-state index contributed by atoms with van der Waals surface area (Å²) in [6, 6.07) is 0. The number of aliphatic hydroxyl groups excluding tert-OH is 1. The summed E-state index contributed by atoms with van der Waals surface area (Å²) in [5.41, 5.74) is 14.1. The average molecular weight is 649 g/mol. The van der Waals surface area contributed by atoms with Gasteiger partial charge in [-0.1, -0.05) is 0 Å². The van der Waals surface area contributed by atoms with E-state index in [-0.39, 0.29) is 30.4 Å². The molecule has 3 rings (SSSR count). The van der Waals surface area contributed by atoms with Gasteiger partial charge in [0, 0.05) is 98.5 Å². The second-order valence-electron chi connectivity index (χ2n) is 11.8. The third kappa shape index (κ3) is 27.4. The van der Waals surface area contributed by atoms with Crippen LogP contribution >= 0.6 is 0 Å². The van der Waals surface area contributed by atoms with Gasteiger partial charge in [0.15, 0.2) is 0 Å². The number of piperazine rings is 1. The monoisotopic (exact) mass is 648 g/mol. The fourth-order valence-electron chi connectivity index (χ4n) is 4.15. The van der Waals surface area contributed by atoms with Gasteiger partial charge in [0.25, 0.3) is 0 Å². The molecule has 4 amide bonds. The molecule has 3 aliphatic rings. The molecule has 0 bridgehead atoms. The third-order valence-electron chi connectivity index (χ3n) is 6.40. The molecule has 264 valence electrons. The summed E-state index contributed by atoms with van der Waals surface area (Å²) in [5, 5.41) is 11.7. The topological polar surface area (TPSA) is 219 Å². The van der Waals surface area contributed by atoms with E-state index in [1.165, 1.54) is 6.92 Å². The smallest absolute Gasteiger partial charge is 0.410 e. The second-order valence-corrected chi connectivity index (χ2v) is 11.8. The molecule has 3 fully saturated rings. The molecule has 0 aromatic heterocycles. The van der Waals surface area contributed by atoms with E-state index in [9.17, 15) is 19.2 Å². The standard InChI is InChI=1S/C11H21N3O3.C9H19N3O2.C7H15NO2.C2H5NO/c1-11(2,3)17-10(16)14-6-4-13(5-7-14)8-9(12)15;10-9(13)1-2-11-3-4-12-5-7-14-8-6-12;9-5-1-2-8-3-6-10-7-4-8;1-2(3)4/h4-8H2,1-3H3,(H2,12,15);11H,1-8H2,(H2,10,13);9H,1-7H2;1H3,(H2,3,4). The Morgan fingerprint density at radius 2 is 1.24 bits per heavy atom. The number of hydrogen-bond donors (Lipinski definition) is 5. The highest BCUT2D eigenvalue weighted by atomic mass is 16.6. The maximum atomic E-state index is 11.7. The number of nitrogens with one attached hydrogen (secondary N) is 1. The van der Waals surface area contributed by atoms with Crippen LogP contribution in [0.1, 0.15) is 40.5 Å². The Hall–Kier alpha value is -2.60. The van der Waals surface area contributed by atoms with Crippen LogP contribution in [0.5, 0.6) is 0 Å². The van der Waals surface area contributed by atoms with Gasteiger partial charge in [-0.15, -0.1) is 0 Å². The fourth-order valence-corrected chi connectivity index (χ4v) is 4.15. The number of nitrogens with two attached hydrogens (primary N) is 3. The van der Waals surface area contributed by atoms with Crippen molar-refractivity contribution in [2.75, 3.05) is 118 Å². The highest BCUT2D eigenvalue weighted by Gasteiger charge is 2.26. The van der Waals surface area contributed by atoms with E-state index >= 15 is 0 Å². The molecule has 0 spiro atoms. The Morgan fingerprint density at radius 1 is 0.756 bits per heavy atom. The zero-order valence-electron chi connectivity index (χ0n) is 28.0. The number of ether oxygens (including phenoxy) is 3. The van der Waals surface area contributed by atoms with Crippen LogP contribution < -0.4 is 22.5 Å². The lowest BCUT2D eigenvalue weighted by atomic mass is 10.2. The molecule has 16 heteroatoms. The molecule has 0 unspecified atom stereocenters. The zero-order chi connectivity index (χ0) is 34.1. The van der Waals surface area contributed by atoms with Crippen LogP contribution in [0.15, 0.2) is 0 Å². The number of primary amides is 3. The van der Waals surface area contributed by atoms with Crippen LogP contribution in [0.2, 0.25) is 0 Å². The molecule has 3 saturated heterocycles. The number of morpholine rings is 2. The molecule has 0 radical (unpaired) electrons.